The van der Waals surface area contributed by atoms with E-state index in [1.54, 1.807) is 43.3 Å². The molecule has 0 unspecified atom stereocenters. The first-order chi connectivity index (χ1) is 21.1. The van der Waals surface area contributed by atoms with Gasteiger partial charge in [0.25, 0.3) is 10.0 Å². The first-order valence-electron chi connectivity index (χ1n) is 14.6. The fourth-order valence-electron chi connectivity index (χ4n) is 4.93. The fourth-order valence-corrected chi connectivity index (χ4v) is 6.42. The summed E-state index contributed by atoms with van der Waals surface area (Å²) in [4.78, 5) is 29.6. The number of amides is 2. The van der Waals surface area contributed by atoms with Gasteiger partial charge in [0.05, 0.1) is 10.6 Å². The lowest BCUT2D eigenvalue weighted by atomic mass is 10.0. The molecule has 9 heteroatoms. The molecule has 44 heavy (non-hydrogen) atoms. The Morgan fingerprint density at radius 2 is 1.48 bits per heavy atom. The van der Waals surface area contributed by atoms with Crippen LogP contribution >= 0.6 is 0 Å². The normalized spacial score (nSPS) is 11.9. The molecule has 1 N–H and O–H groups in total. The summed E-state index contributed by atoms with van der Waals surface area (Å²) < 4.78 is 43.2. The summed E-state index contributed by atoms with van der Waals surface area (Å²) in [5.41, 5.74) is 3.32. The second-order valence-electron chi connectivity index (χ2n) is 10.8. The standard InChI is InChI=1S/C35H38FN3O4S/c1-4-21-37-35(41)33(23-28-11-7-5-8-12-28)38(24-29-17-19-30(36)20-18-29)34(40)25-39(32-22-26(2)15-16-27(32)3)44(42,43)31-13-9-6-10-14-31/h5-20,22,33H,4,21,23-25H2,1-3H3,(H,37,41)/t33-/m0/s1. The zero-order valence-electron chi connectivity index (χ0n) is 25.2. The Hall–Kier alpha value is -4.50. The number of carbonyl (C=O) groups is 2. The lowest BCUT2D eigenvalue weighted by Gasteiger charge is -2.34. The maximum atomic E-state index is 14.4. The first-order valence-corrected chi connectivity index (χ1v) is 16.0. The third kappa shape index (κ3) is 8.11. The monoisotopic (exact) mass is 615 g/mol. The summed E-state index contributed by atoms with van der Waals surface area (Å²) in [6, 6.07) is 27.5. The Morgan fingerprint density at radius 1 is 0.841 bits per heavy atom. The van der Waals surface area contributed by atoms with E-state index in [0.29, 0.717) is 29.8 Å². The molecule has 1 atom stereocenters. The van der Waals surface area contributed by atoms with Crippen molar-refractivity contribution in [2.45, 2.75) is 51.1 Å². The molecule has 7 nitrogen and oxygen atoms in total. The number of nitrogens with zero attached hydrogens (tertiary/aromatic N) is 2. The van der Waals surface area contributed by atoms with Gasteiger partial charge in [-0.1, -0.05) is 79.7 Å². The van der Waals surface area contributed by atoms with Gasteiger partial charge in [0.2, 0.25) is 11.8 Å². The zero-order chi connectivity index (χ0) is 31.7. The molecule has 0 aliphatic rings. The van der Waals surface area contributed by atoms with Gasteiger partial charge >= 0.3 is 0 Å². The van der Waals surface area contributed by atoms with Crippen molar-refractivity contribution in [3.63, 3.8) is 0 Å². The number of benzene rings is 4. The van der Waals surface area contributed by atoms with Crippen LogP contribution in [0.25, 0.3) is 0 Å². The van der Waals surface area contributed by atoms with E-state index in [4.69, 9.17) is 0 Å². The lowest BCUT2D eigenvalue weighted by Crippen LogP contribution is -2.53. The number of rotatable bonds is 13. The fraction of sp³-hybridized carbons (Fsp3) is 0.257. The highest BCUT2D eigenvalue weighted by molar-refractivity contribution is 7.92. The Bertz CT molecular complexity index is 1660. The van der Waals surface area contributed by atoms with Gasteiger partial charge in [-0.25, -0.2) is 12.8 Å². The number of anilines is 1. The van der Waals surface area contributed by atoms with Gasteiger partial charge in [0.15, 0.2) is 0 Å². The molecule has 0 saturated heterocycles. The second-order valence-corrected chi connectivity index (χ2v) is 12.6. The number of aryl methyl sites for hydroxylation is 2. The van der Waals surface area contributed by atoms with Crippen molar-refractivity contribution < 1.29 is 22.4 Å². The van der Waals surface area contributed by atoms with E-state index in [0.717, 1.165) is 15.4 Å². The van der Waals surface area contributed by atoms with Crippen LogP contribution in [0.1, 0.15) is 35.6 Å². The molecule has 230 valence electrons. The summed E-state index contributed by atoms with van der Waals surface area (Å²) >= 11 is 0. The van der Waals surface area contributed by atoms with Crippen LogP contribution in [0.3, 0.4) is 0 Å². The van der Waals surface area contributed by atoms with Crippen LogP contribution in [0.4, 0.5) is 10.1 Å². The minimum absolute atomic E-state index is 0.0256. The Morgan fingerprint density at radius 3 is 2.11 bits per heavy atom. The van der Waals surface area contributed by atoms with E-state index in [9.17, 15) is 22.4 Å². The van der Waals surface area contributed by atoms with Crippen LogP contribution < -0.4 is 9.62 Å². The number of nitrogens with one attached hydrogen (secondary N) is 1. The largest absolute Gasteiger partial charge is 0.354 e. The molecule has 4 aromatic rings. The van der Waals surface area contributed by atoms with Crippen LogP contribution in [0.2, 0.25) is 0 Å². The van der Waals surface area contributed by atoms with E-state index in [1.165, 1.54) is 29.2 Å². The molecule has 0 spiro atoms. The molecule has 4 aromatic carbocycles. The Kier molecular flexibility index (Phi) is 10.9. The van der Waals surface area contributed by atoms with Crippen molar-refractivity contribution in [3.05, 3.63) is 131 Å². The molecule has 0 heterocycles. The molecule has 0 radical (unpaired) electrons. The highest BCUT2D eigenvalue weighted by atomic mass is 32.2. The van der Waals surface area contributed by atoms with Crippen molar-refractivity contribution in [2.24, 2.45) is 0 Å². The molecule has 4 rings (SSSR count). The van der Waals surface area contributed by atoms with E-state index < -0.39 is 34.3 Å². The van der Waals surface area contributed by atoms with Crippen LogP contribution in [-0.2, 0) is 32.6 Å². The van der Waals surface area contributed by atoms with E-state index in [-0.39, 0.29) is 23.8 Å². The average molecular weight is 616 g/mol. The highest BCUT2D eigenvalue weighted by Gasteiger charge is 2.35. The summed E-state index contributed by atoms with van der Waals surface area (Å²) in [6.45, 7) is 5.42. The molecule has 0 saturated carbocycles. The number of hydrogen-bond donors (Lipinski definition) is 1. The van der Waals surface area contributed by atoms with Gasteiger partial charge in [0, 0.05) is 19.5 Å². The lowest BCUT2D eigenvalue weighted by molar-refractivity contribution is -0.140. The number of sulfonamides is 1. The number of hydrogen-bond acceptors (Lipinski definition) is 4. The van der Waals surface area contributed by atoms with Crippen LogP contribution in [0, 0.1) is 19.7 Å². The average Bonchev–Trinajstić information content (AvgIpc) is 3.03. The van der Waals surface area contributed by atoms with Crippen molar-refractivity contribution in [1.29, 1.82) is 0 Å². The molecule has 0 aliphatic heterocycles. The van der Waals surface area contributed by atoms with Gasteiger partial charge in [-0.15, -0.1) is 0 Å². The first kappa shape index (κ1) is 32.4. The molecular formula is C35H38FN3O4S. The molecule has 2 amide bonds. The number of carbonyl (C=O) groups excluding carboxylic acids is 2. The quantitative estimate of drug-likeness (QED) is 0.206. The minimum atomic E-state index is -4.18. The maximum Gasteiger partial charge on any atom is 0.264 e. The Labute approximate surface area is 259 Å². The highest BCUT2D eigenvalue weighted by Crippen LogP contribution is 2.29. The topological polar surface area (TPSA) is 86.8 Å². The van der Waals surface area contributed by atoms with Crippen LogP contribution in [0.15, 0.2) is 108 Å². The van der Waals surface area contributed by atoms with Crippen LogP contribution in [-0.4, -0.2) is 44.3 Å². The van der Waals surface area contributed by atoms with Crippen molar-refractivity contribution in [2.75, 3.05) is 17.4 Å². The van der Waals surface area contributed by atoms with Crippen molar-refractivity contribution in [1.82, 2.24) is 10.2 Å². The second kappa shape index (κ2) is 14.8. The summed E-state index contributed by atoms with van der Waals surface area (Å²) in [5, 5.41) is 2.92. The smallest absolute Gasteiger partial charge is 0.264 e. The van der Waals surface area contributed by atoms with Crippen molar-refractivity contribution in [3.8, 4) is 0 Å². The van der Waals surface area contributed by atoms with E-state index in [2.05, 4.69) is 5.32 Å². The predicted molar refractivity (Wildman–Crippen MR) is 171 cm³/mol. The van der Waals surface area contributed by atoms with Crippen LogP contribution in [0.5, 0.6) is 0 Å². The van der Waals surface area contributed by atoms with Crippen molar-refractivity contribution >= 4 is 27.5 Å². The molecule has 0 aliphatic carbocycles. The molecule has 0 fully saturated rings. The van der Waals surface area contributed by atoms with E-state index >= 15 is 0 Å². The zero-order valence-corrected chi connectivity index (χ0v) is 26.1. The molecule has 0 aromatic heterocycles. The summed E-state index contributed by atoms with van der Waals surface area (Å²) in [6.07, 6.45) is 0.906. The SMILES string of the molecule is CCCNC(=O)[C@H](Cc1ccccc1)N(Cc1ccc(F)cc1)C(=O)CN(c1cc(C)ccc1C)S(=O)(=O)c1ccccc1. The Balaban J connectivity index is 1.81. The molecule has 0 bridgehead atoms. The minimum Gasteiger partial charge on any atom is -0.354 e. The van der Waals surface area contributed by atoms with Gasteiger partial charge < -0.3 is 10.2 Å². The third-order valence-corrected chi connectivity index (χ3v) is 9.10. The van der Waals surface area contributed by atoms with E-state index in [1.807, 2.05) is 56.3 Å². The van der Waals surface area contributed by atoms with Gasteiger partial charge in [-0.05, 0) is 72.9 Å². The molecular weight excluding hydrogens is 577 g/mol. The third-order valence-electron chi connectivity index (χ3n) is 7.33. The summed E-state index contributed by atoms with van der Waals surface area (Å²) in [5.74, 6) is -1.35. The summed E-state index contributed by atoms with van der Waals surface area (Å²) in [7, 11) is -4.18. The van der Waals surface area contributed by atoms with Gasteiger partial charge in [-0.3, -0.25) is 13.9 Å². The number of halogens is 1. The van der Waals surface area contributed by atoms with Gasteiger partial charge in [0.1, 0.15) is 18.4 Å². The predicted octanol–water partition coefficient (Wildman–Crippen LogP) is 5.80. The van der Waals surface area contributed by atoms with Gasteiger partial charge in [-0.2, -0.15) is 0 Å². The maximum absolute atomic E-state index is 14.4.